The molecule has 0 spiro atoms. The molecule has 0 aliphatic carbocycles. The number of anilines is 1. The van der Waals surface area contributed by atoms with Gasteiger partial charge in [-0.15, -0.1) is 0 Å². The van der Waals surface area contributed by atoms with Crippen molar-refractivity contribution < 1.29 is 8.98 Å². The van der Waals surface area contributed by atoms with Crippen LogP contribution < -0.4 is 10.3 Å². The number of aryl methyl sites for hydroxylation is 1. The summed E-state index contributed by atoms with van der Waals surface area (Å²) in [6.45, 7) is 0. The van der Waals surface area contributed by atoms with Gasteiger partial charge >= 0.3 is 0 Å². The van der Waals surface area contributed by atoms with Crippen molar-refractivity contribution in [3.8, 4) is 11.5 Å². The zero-order valence-electron chi connectivity index (χ0n) is 9.72. The smallest absolute Gasteiger partial charge is 0.233 e. The Hall–Kier alpha value is -1.88. The van der Waals surface area contributed by atoms with Crippen molar-refractivity contribution in [3.05, 3.63) is 41.1 Å². The Bertz CT molecular complexity index is 716. The minimum atomic E-state index is 0.590. The lowest BCUT2D eigenvalue weighted by molar-refractivity contribution is -0.671. The maximum atomic E-state index is 5.73. The lowest BCUT2D eigenvalue weighted by Crippen LogP contribution is -2.26. The molecular formula is C13H11BrN3O+. The number of nitrogens with two attached hydrogens (primary N) is 1. The van der Waals surface area contributed by atoms with Crippen molar-refractivity contribution in [2.45, 2.75) is 0 Å². The highest BCUT2D eigenvalue weighted by atomic mass is 79.9. The molecule has 3 aromatic rings. The Balaban J connectivity index is 2.19. The standard InChI is InChI=1S/C13H11BrN3O/c1-17-6-8(4-9(14)7-17)13-16-11-5-10(15)2-3-12(11)18-13/h2-7H,15H2,1H3/q+1. The van der Waals surface area contributed by atoms with Gasteiger partial charge in [0.15, 0.2) is 18.0 Å². The summed E-state index contributed by atoms with van der Waals surface area (Å²) in [5, 5.41) is 0. The lowest BCUT2D eigenvalue weighted by Gasteiger charge is -1.94. The minimum Gasteiger partial charge on any atom is -0.436 e. The van der Waals surface area contributed by atoms with Crippen LogP contribution in [0.3, 0.4) is 0 Å². The Kier molecular flexibility index (Phi) is 2.56. The van der Waals surface area contributed by atoms with E-state index < -0.39 is 0 Å². The average molecular weight is 305 g/mol. The quantitative estimate of drug-likeness (QED) is 0.555. The van der Waals surface area contributed by atoms with E-state index in [9.17, 15) is 0 Å². The minimum absolute atomic E-state index is 0.590. The molecule has 0 bridgehead atoms. The highest BCUT2D eigenvalue weighted by Crippen LogP contribution is 2.26. The Morgan fingerprint density at radius 1 is 1.28 bits per heavy atom. The molecule has 90 valence electrons. The first-order valence-corrected chi connectivity index (χ1v) is 6.23. The molecule has 18 heavy (non-hydrogen) atoms. The monoisotopic (exact) mass is 304 g/mol. The summed E-state index contributed by atoms with van der Waals surface area (Å²) in [4.78, 5) is 4.45. The van der Waals surface area contributed by atoms with E-state index in [2.05, 4.69) is 20.9 Å². The number of fused-ring (bicyclic) bond motifs is 1. The van der Waals surface area contributed by atoms with E-state index in [0.29, 0.717) is 11.6 Å². The molecule has 0 saturated heterocycles. The molecule has 0 amide bonds. The molecule has 0 saturated carbocycles. The van der Waals surface area contributed by atoms with Crippen LogP contribution in [0.25, 0.3) is 22.6 Å². The van der Waals surface area contributed by atoms with Crippen LogP contribution in [0.15, 0.2) is 45.5 Å². The molecule has 0 aliphatic heterocycles. The highest BCUT2D eigenvalue weighted by molar-refractivity contribution is 9.10. The van der Waals surface area contributed by atoms with Gasteiger partial charge in [-0.1, -0.05) is 0 Å². The molecule has 4 nitrogen and oxygen atoms in total. The average Bonchev–Trinajstić information content (AvgIpc) is 2.70. The van der Waals surface area contributed by atoms with E-state index in [4.69, 9.17) is 10.2 Å². The SMILES string of the molecule is C[n+]1cc(Br)cc(-c2nc3cc(N)ccc3o2)c1. The van der Waals surface area contributed by atoms with Crippen LogP contribution in [0, 0.1) is 0 Å². The summed E-state index contributed by atoms with van der Waals surface area (Å²) in [7, 11) is 1.95. The van der Waals surface area contributed by atoms with Crippen LogP contribution in [-0.2, 0) is 7.05 Å². The number of rotatable bonds is 1. The molecule has 0 radical (unpaired) electrons. The van der Waals surface area contributed by atoms with Crippen LogP contribution in [0.4, 0.5) is 5.69 Å². The number of hydrogen-bond donors (Lipinski definition) is 1. The molecule has 2 N–H and O–H groups in total. The summed E-state index contributed by atoms with van der Waals surface area (Å²) in [5.41, 5.74) is 8.84. The molecule has 0 unspecified atom stereocenters. The predicted molar refractivity (Wildman–Crippen MR) is 72.7 cm³/mol. The van der Waals surface area contributed by atoms with E-state index in [0.717, 1.165) is 21.1 Å². The Labute approximate surface area is 112 Å². The van der Waals surface area contributed by atoms with E-state index in [1.165, 1.54) is 0 Å². The maximum absolute atomic E-state index is 5.73. The normalized spacial score (nSPS) is 11.0. The molecule has 1 aromatic carbocycles. The van der Waals surface area contributed by atoms with Crippen molar-refractivity contribution in [3.63, 3.8) is 0 Å². The van der Waals surface area contributed by atoms with Crippen molar-refractivity contribution in [2.75, 3.05) is 5.73 Å². The summed E-state index contributed by atoms with van der Waals surface area (Å²) in [5.74, 6) is 0.590. The van der Waals surface area contributed by atoms with Crippen LogP contribution in [-0.4, -0.2) is 4.98 Å². The number of halogens is 1. The van der Waals surface area contributed by atoms with Crippen molar-refractivity contribution in [2.24, 2.45) is 7.05 Å². The molecule has 2 aromatic heterocycles. The van der Waals surface area contributed by atoms with Crippen molar-refractivity contribution in [1.29, 1.82) is 0 Å². The number of aromatic nitrogens is 2. The summed E-state index contributed by atoms with van der Waals surface area (Å²) >= 11 is 3.46. The Morgan fingerprint density at radius 2 is 2.11 bits per heavy atom. The largest absolute Gasteiger partial charge is 0.436 e. The number of nitrogens with zero attached hydrogens (tertiary/aromatic N) is 2. The fraction of sp³-hybridized carbons (Fsp3) is 0.0769. The van der Waals surface area contributed by atoms with Gasteiger partial charge in [0.05, 0.1) is 4.47 Å². The summed E-state index contributed by atoms with van der Waals surface area (Å²) in [6.07, 6.45) is 3.92. The third-order valence-electron chi connectivity index (χ3n) is 2.62. The van der Waals surface area contributed by atoms with Gasteiger partial charge in [0.25, 0.3) is 0 Å². The zero-order valence-corrected chi connectivity index (χ0v) is 11.3. The summed E-state index contributed by atoms with van der Waals surface area (Å²) < 4.78 is 8.64. The number of oxazole rings is 1. The number of hydrogen-bond acceptors (Lipinski definition) is 3. The first-order valence-electron chi connectivity index (χ1n) is 5.44. The highest BCUT2D eigenvalue weighted by Gasteiger charge is 2.12. The summed E-state index contributed by atoms with van der Waals surface area (Å²) in [6, 6.07) is 7.41. The maximum Gasteiger partial charge on any atom is 0.233 e. The van der Waals surface area contributed by atoms with E-state index in [-0.39, 0.29) is 0 Å². The molecular weight excluding hydrogens is 294 g/mol. The number of pyridine rings is 1. The van der Waals surface area contributed by atoms with Gasteiger partial charge in [0.2, 0.25) is 5.89 Å². The van der Waals surface area contributed by atoms with Crippen molar-refractivity contribution in [1.82, 2.24) is 4.98 Å². The number of nitrogen functional groups attached to an aromatic ring is 1. The molecule has 2 heterocycles. The second kappa shape index (κ2) is 4.10. The third kappa shape index (κ3) is 1.97. The molecule has 0 atom stereocenters. The second-order valence-corrected chi connectivity index (χ2v) is 5.07. The van der Waals surface area contributed by atoms with Crippen LogP contribution in [0.2, 0.25) is 0 Å². The molecule has 0 fully saturated rings. The van der Waals surface area contributed by atoms with Crippen molar-refractivity contribution >= 4 is 32.7 Å². The van der Waals surface area contributed by atoms with Gasteiger partial charge in [0.1, 0.15) is 18.1 Å². The second-order valence-electron chi connectivity index (χ2n) is 4.15. The van der Waals surface area contributed by atoms with Crippen LogP contribution in [0.1, 0.15) is 0 Å². The van der Waals surface area contributed by atoms with Gasteiger partial charge in [-0.2, -0.15) is 0 Å². The lowest BCUT2D eigenvalue weighted by atomic mass is 10.3. The fourth-order valence-corrected chi connectivity index (χ4v) is 2.43. The fourth-order valence-electron chi connectivity index (χ4n) is 1.86. The third-order valence-corrected chi connectivity index (χ3v) is 3.06. The van der Waals surface area contributed by atoms with E-state index in [1.54, 1.807) is 12.1 Å². The first-order chi connectivity index (χ1) is 8.61. The van der Waals surface area contributed by atoms with Gasteiger partial charge in [0, 0.05) is 5.69 Å². The van der Waals surface area contributed by atoms with E-state index >= 15 is 0 Å². The molecule has 5 heteroatoms. The van der Waals surface area contributed by atoms with Gasteiger partial charge < -0.3 is 10.2 Å². The van der Waals surface area contributed by atoms with Crippen LogP contribution >= 0.6 is 15.9 Å². The Morgan fingerprint density at radius 3 is 2.89 bits per heavy atom. The first kappa shape index (κ1) is 11.2. The molecule has 0 aliphatic rings. The molecule has 3 rings (SSSR count). The van der Waals surface area contributed by atoms with Gasteiger partial charge in [-0.25, -0.2) is 9.55 Å². The van der Waals surface area contributed by atoms with Gasteiger partial charge in [-0.05, 0) is 40.2 Å². The zero-order chi connectivity index (χ0) is 12.7. The van der Waals surface area contributed by atoms with Gasteiger partial charge in [-0.3, -0.25) is 0 Å². The predicted octanol–water partition coefficient (Wildman–Crippen LogP) is 2.66. The van der Waals surface area contributed by atoms with Crippen LogP contribution in [0.5, 0.6) is 0 Å². The van der Waals surface area contributed by atoms with E-state index in [1.807, 2.05) is 36.1 Å². The topological polar surface area (TPSA) is 55.9 Å². The number of benzene rings is 1.